The van der Waals surface area contributed by atoms with Gasteiger partial charge in [0.25, 0.3) is 11.8 Å². The number of imide groups is 1. The highest BCUT2D eigenvalue weighted by atomic mass is 16.3. The molecule has 2 rings (SSSR count). The van der Waals surface area contributed by atoms with E-state index in [1.54, 1.807) is 24.3 Å². The number of hydrogen-bond acceptors (Lipinski definition) is 8. The van der Waals surface area contributed by atoms with Crippen LogP contribution in [-0.4, -0.2) is 76.2 Å². The van der Waals surface area contributed by atoms with Gasteiger partial charge in [0.05, 0.1) is 18.7 Å². The molecule has 41 heavy (non-hydrogen) atoms. The maximum atomic E-state index is 13.1. The van der Waals surface area contributed by atoms with Crippen LogP contribution in [0.1, 0.15) is 57.9 Å². The van der Waals surface area contributed by atoms with Crippen LogP contribution in [-0.2, 0) is 25.8 Å². The first kappa shape index (κ1) is 33.4. The molecule has 226 valence electrons. The fourth-order valence-electron chi connectivity index (χ4n) is 4.29. The first-order chi connectivity index (χ1) is 19.5. The number of nitrogens with zero attached hydrogens (tertiary/aromatic N) is 1. The van der Waals surface area contributed by atoms with Crippen molar-refractivity contribution in [2.24, 2.45) is 11.7 Å². The number of anilines is 1. The van der Waals surface area contributed by atoms with Crippen molar-refractivity contribution in [1.82, 2.24) is 20.9 Å². The Kier molecular flexibility index (Phi) is 13.9. The summed E-state index contributed by atoms with van der Waals surface area (Å²) >= 11 is 0. The highest BCUT2D eigenvalue weighted by Crippen LogP contribution is 2.14. The molecule has 1 aliphatic heterocycles. The normalized spacial score (nSPS) is 15.1. The lowest BCUT2D eigenvalue weighted by molar-refractivity contribution is -0.137. The van der Waals surface area contributed by atoms with Gasteiger partial charge >= 0.3 is 6.03 Å². The van der Waals surface area contributed by atoms with Crippen molar-refractivity contribution in [2.75, 3.05) is 18.4 Å². The van der Waals surface area contributed by atoms with Crippen LogP contribution in [0.25, 0.3) is 0 Å². The molecule has 0 saturated heterocycles. The Morgan fingerprint density at radius 2 is 1.63 bits per heavy atom. The summed E-state index contributed by atoms with van der Waals surface area (Å²) < 4.78 is 0. The van der Waals surface area contributed by atoms with Crippen LogP contribution >= 0.6 is 0 Å². The van der Waals surface area contributed by atoms with Crippen molar-refractivity contribution in [2.45, 2.75) is 77.3 Å². The zero-order valence-electron chi connectivity index (χ0n) is 23.6. The standard InChI is InChI=1S/C28H42N6O7/c1-18(2)25(33-22(36)8-4-3-5-16-34-23(37)13-14-24(34)38)27(40)32-21(7-6-15-30-28(29)41)26(39)31-20-11-9-19(17-35)10-12-20/h9-14,18,21,25,27,32,35,40H,3-8,15-17H2,1-2H3,(H,31,39)(H,33,36)(H3,29,30,41)/t21-,25?,27-/m0/s1. The molecule has 0 spiro atoms. The molecule has 3 atom stereocenters. The van der Waals surface area contributed by atoms with Crippen molar-refractivity contribution in [3.05, 3.63) is 42.0 Å². The van der Waals surface area contributed by atoms with E-state index in [-0.39, 0.29) is 49.6 Å². The summed E-state index contributed by atoms with van der Waals surface area (Å²) in [4.78, 5) is 61.1. The van der Waals surface area contributed by atoms with Crippen molar-refractivity contribution in [1.29, 1.82) is 0 Å². The van der Waals surface area contributed by atoms with Crippen LogP contribution in [0.15, 0.2) is 36.4 Å². The second-order valence-electron chi connectivity index (χ2n) is 10.3. The minimum absolute atomic E-state index is 0.127. The van der Waals surface area contributed by atoms with E-state index in [1.165, 1.54) is 12.2 Å². The average Bonchev–Trinajstić information content (AvgIpc) is 3.25. The van der Waals surface area contributed by atoms with Crippen LogP contribution in [0, 0.1) is 5.92 Å². The van der Waals surface area contributed by atoms with Gasteiger partial charge in [0.15, 0.2) is 0 Å². The Morgan fingerprint density at radius 1 is 0.976 bits per heavy atom. The maximum Gasteiger partial charge on any atom is 0.312 e. The minimum Gasteiger partial charge on any atom is -0.392 e. The van der Waals surface area contributed by atoms with Crippen molar-refractivity contribution < 1.29 is 34.2 Å². The first-order valence-corrected chi connectivity index (χ1v) is 13.8. The Bertz CT molecular complexity index is 1060. The number of hydrogen-bond donors (Lipinski definition) is 7. The molecule has 8 N–H and O–H groups in total. The van der Waals surface area contributed by atoms with Crippen molar-refractivity contribution in [3.63, 3.8) is 0 Å². The number of urea groups is 1. The number of carbonyl (C=O) groups is 5. The van der Waals surface area contributed by atoms with Crippen LogP contribution < -0.4 is 27.0 Å². The largest absolute Gasteiger partial charge is 0.392 e. The molecule has 13 heteroatoms. The van der Waals surface area contributed by atoms with E-state index in [9.17, 15) is 34.2 Å². The zero-order valence-corrected chi connectivity index (χ0v) is 23.6. The van der Waals surface area contributed by atoms with Gasteiger partial charge in [-0.05, 0) is 49.3 Å². The first-order valence-electron chi connectivity index (χ1n) is 13.8. The smallest absolute Gasteiger partial charge is 0.312 e. The maximum absolute atomic E-state index is 13.1. The van der Waals surface area contributed by atoms with E-state index in [0.717, 1.165) is 4.90 Å². The fraction of sp³-hybridized carbons (Fsp3) is 0.536. The molecule has 0 bridgehead atoms. The zero-order chi connectivity index (χ0) is 30.4. The molecule has 0 aromatic heterocycles. The van der Waals surface area contributed by atoms with E-state index in [0.29, 0.717) is 43.5 Å². The lowest BCUT2D eigenvalue weighted by Crippen LogP contribution is -2.57. The lowest BCUT2D eigenvalue weighted by atomic mass is 10.0. The Labute approximate surface area is 239 Å². The van der Waals surface area contributed by atoms with Crippen LogP contribution in [0.2, 0.25) is 0 Å². The number of unbranched alkanes of at least 4 members (excludes halogenated alkanes) is 2. The number of benzene rings is 1. The number of primary amides is 1. The SMILES string of the molecule is CC(C)C(NC(=O)CCCCCN1C(=O)C=CC1=O)[C@H](O)N[C@@H](CCCNC(N)=O)C(=O)Nc1ccc(CO)cc1. The van der Waals surface area contributed by atoms with Crippen molar-refractivity contribution >= 4 is 35.3 Å². The summed E-state index contributed by atoms with van der Waals surface area (Å²) in [6.45, 7) is 4.08. The second kappa shape index (κ2) is 17.1. The van der Waals surface area contributed by atoms with Gasteiger partial charge in [-0.1, -0.05) is 32.4 Å². The van der Waals surface area contributed by atoms with Gasteiger partial charge in [-0.25, -0.2) is 4.79 Å². The second-order valence-corrected chi connectivity index (χ2v) is 10.3. The Hall–Kier alpha value is -3.81. The topological polar surface area (TPSA) is 203 Å². The number of aliphatic hydroxyl groups is 2. The van der Waals surface area contributed by atoms with E-state index in [4.69, 9.17) is 5.73 Å². The summed E-state index contributed by atoms with van der Waals surface area (Å²) in [6.07, 6.45) is 3.83. The summed E-state index contributed by atoms with van der Waals surface area (Å²) in [5.74, 6) is -1.52. The predicted molar refractivity (Wildman–Crippen MR) is 152 cm³/mol. The van der Waals surface area contributed by atoms with Gasteiger partial charge in [0.2, 0.25) is 11.8 Å². The number of nitrogens with one attached hydrogen (secondary N) is 4. The molecular weight excluding hydrogens is 532 g/mol. The number of aliphatic hydroxyl groups excluding tert-OH is 2. The molecule has 0 radical (unpaired) electrons. The van der Waals surface area contributed by atoms with Crippen LogP contribution in [0.5, 0.6) is 0 Å². The number of carbonyl (C=O) groups excluding carboxylic acids is 5. The van der Waals surface area contributed by atoms with Crippen LogP contribution in [0.4, 0.5) is 10.5 Å². The number of nitrogens with two attached hydrogens (primary N) is 1. The minimum atomic E-state index is -1.25. The van der Waals surface area contributed by atoms with Gasteiger partial charge in [-0.3, -0.25) is 29.4 Å². The average molecular weight is 575 g/mol. The van der Waals surface area contributed by atoms with Crippen molar-refractivity contribution in [3.8, 4) is 0 Å². The molecule has 13 nitrogen and oxygen atoms in total. The molecule has 1 aromatic carbocycles. The fourth-order valence-corrected chi connectivity index (χ4v) is 4.29. The molecule has 0 aliphatic carbocycles. The molecule has 1 heterocycles. The molecular formula is C28H42N6O7. The van der Waals surface area contributed by atoms with E-state index >= 15 is 0 Å². The van der Waals surface area contributed by atoms with E-state index < -0.39 is 30.2 Å². The molecule has 1 aliphatic rings. The third-order valence-corrected chi connectivity index (χ3v) is 6.63. The summed E-state index contributed by atoms with van der Waals surface area (Å²) in [7, 11) is 0. The number of rotatable bonds is 18. The van der Waals surface area contributed by atoms with Gasteiger partial charge in [0.1, 0.15) is 6.23 Å². The third-order valence-electron chi connectivity index (χ3n) is 6.63. The van der Waals surface area contributed by atoms with Gasteiger partial charge in [-0.15, -0.1) is 0 Å². The van der Waals surface area contributed by atoms with Crippen LogP contribution in [0.3, 0.4) is 0 Å². The third kappa shape index (κ3) is 11.7. The van der Waals surface area contributed by atoms with Gasteiger partial charge < -0.3 is 31.9 Å². The monoisotopic (exact) mass is 574 g/mol. The molecule has 1 aromatic rings. The highest BCUT2D eigenvalue weighted by molar-refractivity contribution is 6.12. The summed E-state index contributed by atoms with van der Waals surface area (Å²) in [6, 6.07) is 4.42. The van der Waals surface area contributed by atoms with Gasteiger partial charge in [0, 0.05) is 37.3 Å². The quantitative estimate of drug-likeness (QED) is 0.0744. The lowest BCUT2D eigenvalue weighted by Gasteiger charge is -2.31. The van der Waals surface area contributed by atoms with E-state index in [2.05, 4.69) is 21.3 Å². The molecule has 1 unspecified atom stereocenters. The molecule has 0 fully saturated rings. The summed E-state index contributed by atoms with van der Waals surface area (Å²) in [5.41, 5.74) is 6.31. The summed E-state index contributed by atoms with van der Waals surface area (Å²) in [5, 5.41) is 31.2. The Morgan fingerprint density at radius 3 is 2.22 bits per heavy atom. The molecule has 6 amide bonds. The molecule has 0 saturated carbocycles. The Balaban J connectivity index is 1.91. The number of amides is 6. The highest BCUT2D eigenvalue weighted by Gasteiger charge is 2.29. The van der Waals surface area contributed by atoms with E-state index in [1.807, 2.05) is 13.8 Å². The van der Waals surface area contributed by atoms with Gasteiger partial charge in [-0.2, -0.15) is 0 Å². The predicted octanol–water partition coefficient (Wildman–Crippen LogP) is 0.469.